The predicted octanol–water partition coefficient (Wildman–Crippen LogP) is 1.81. The molecule has 0 bridgehead atoms. The molecule has 0 unspecified atom stereocenters. The van der Waals surface area contributed by atoms with Crippen molar-refractivity contribution in [1.29, 1.82) is 0 Å². The molecule has 2 aromatic carbocycles. The summed E-state index contributed by atoms with van der Waals surface area (Å²) in [6.45, 7) is 2.90. The molecule has 1 saturated heterocycles. The molecule has 6 nitrogen and oxygen atoms in total. The van der Waals surface area contributed by atoms with Crippen LogP contribution in [0.25, 0.3) is 0 Å². The van der Waals surface area contributed by atoms with Gasteiger partial charge in [-0.3, -0.25) is 14.6 Å². The van der Waals surface area contributed by atoms with E-state index in [-0.39, 0.29) is 11.8 Å². The third-order valence-corrected chi connectivity index (χ3v) is 6.15. The maximum absolute atomic E-state index is 12.9. The Balaban J connectivity index is 1.24. The van der Waals surface area contributed by atoms with Crippen LogP contribution in [0.15, 0.2) is 53.5 Å². The fourth-order valence-corrected chi connectivity index (χ4v) is 4.11. The standard InChI is InChI=1S/C23H24N4O2/c24-23(9-10-23)22(29)27-13-11-26(12-14-27)21(28)17-7-5-16(6-8-17)20-19-4-2-1-3-18(19)15-25-20/h1-8H,9-15,24H2. The molecule has 2 aromatic rings. The van der Waals surface area contributed by atoms with Crippen molar-refractivity contribution in [3.63, 3.8) is 0 Å². The lowest BCUT2D eigenvalue weighted by Crippen LogP contribution is -2.55. The van der Waals surface area contributed by atoms with Gasteiger partial charge in [-0.1, -0.05) is 36.4 Å². The summed E-state index contributed by atoms with van der Waals surface area (Å²) >= 11 is 0. The van der Waals surface area contributed by atoms with Crippen LogP contribution >= 0.6 is 0 Å². The first kappa shape index (κ1) is 18.1. The van der Waals surface area contributed by atoms with Gasteiger partial charge in [0, 0.05) is 42.9 Å². The third kappa shape index (κ3) is 3.23. The molecule has 0 atom stereocenters. The van der Waals surface area contributed by atoms with Crippen LogP contribution in [0.1, 0.15) is 39.9 Å². The average Bonchev–Trinajstić information content (AvgIpc) is 3.38. The summed E-state index contributed by atoms with van der Waals surface area (Å²) in [6, 6.07) is 15.9. The smallest absolute Gasteiger partial charge is 0.253 e. The van der Waals surface area contributed by atoms with Crippen LogP contribution in [-0.4, -0.2) is 59.0 Å². The molecule has 3 aliphatic rings. The second kappa shape index (κ2) is 6.81. The van der Waals surface area contributed by atoms with Crippen LogP contribution in [0, 0.1) is 0 Å². The Hall–Kier alpha value is -2.99. The van der Waals surface area contributed by atoms with Crippen LogP contribution in [-0.2, 0) is 11.3 Å². The third-order valence-electron chi connectivity index (χ3n) is 6.15. The van der Waals surface area contributed by atoms with E-state index in [1.807, 2.05) is 41.3 Å². The summed E-state index contributed by atoms with van der Waals surface area (Å²) < 4.78 is 0. The van der Waals surface area contributed by atoms with Crippen molar-refractivity contribution in [1.82, 2.24) is 9.80 Å². The van der Waals surface area contributed by atoms with Gasteiger partial charge in [-0.2, -0.15) is 0 Å². The fraction of sp³-hybridized carbons (Fsp3) is 0.348. The van der Waals surface area contributed by atoms with Crippen molar-refractivity contribution < 1.29 is 9.59 Å². The Labute approximate surface area is 170 Å². The number of rotatable bonds is 3. The van der Waals surface area contributed by atoms with Crippen LogP contribution < -0.4 is 5.73 Å². The first-order valence-electron chi connectivity index (χ1n) is 10.2. The van der Waals surface area contributed by atoms with Crippen molar-refractivity contribution in [3.8, 4) is 0 Å². The fourth-order valence-electron chi connectivity index (χ4n) is 4.11. The SMILES string of the molecule is NC1(C(=O)N2CCN(C(=O)c3ccc(C4=NCc5ccccc54)cc3)CC2)CC1. The van der Waals surface area contributed by atoms with Gasteiger partial charge in [-0.15, -0.1) is 0 Å². The van der Waals surface area contributed by atoms with Crippen molar-refractivity contribution >= 4 is 17.5 Å². The largest absolute Gasteiger partial charge is 0.338 e. The number of hydrogen-bond donors (Lipinski definition) is 1. The van der Waals surface area contributed by atoms with E-state index in [4.69, 9.17) is 5.73 Å². The highest BCUT2D eigenvalue weighted by atomic mass is 16.2. The zero-order chi connectivity index (χ0) is 20.0. The van der Waals surface area contributed by atoms with Gasteiger partial charge in [0.05, 0.1) is 17.8 Å². The lowest BCUT2D eigenvalue weighted by molar-refractivity contribution is -0.135. The summed E-state index contributed by atoms with van der Waals surface area (Å²) in [4.78, 5) is 33.5. The highest BCUT2D eigenvalue weighted by molar-refractivity contribution is 6.15. The van der Waals surface area contributed by atoms with Gasteiger partial charge in [0.15, 0.2) is 0 Å². The van der Waals surface area contributed by atoms with E-state index < -0.39 is 5.54 Å². The second-order valence-corrected chi connectivity index (χ2v) is 8.14. The summed E-state index contributed by atoms with van der Waals surface area (Å²) in [7, 11) is 0. The number of hydrogen-bond acceptors (Lipinski definition) is 4. The zero-order valence-corrected chi connectivity index (χ0v) is 16.3. The van der Waals surface area contributed by atoms with Gasteiger partial charge in [-0.25, -0.2) is 0 Å². The lowest BCUT2D eigenvalue weighted by Gasteiger charge is -2.36. The minimum absolute atomic E-state index is 0.00583. The van der Waals surface area contributed by atoms with E-state index in [9.17, 15) is 9.59 Å². The van der Waals surface area contributed by atoms with Gasteiger partial charge in [0.2, 0.25) is 5.91 Å². The Morgan fingerprint density at radius 1 is 0.897 bits per heavy atom. The second-order valence-electron chi connectivity index (χ2n) is 8.14. The quantitative estimate of drug-likeness (QED) is 0.871. The molecular weight excluding hydrogens is 364 g/mol. The van der Waals surface area contributed by atoms with E-state index >= 15 is 0 Å². The molecule has 2 heterocycles. The number of fused-ring (bicyclic) bond motifs is 1. The van der Waals surface area contributed by atoms with Crippen molar-refractivity contribution in [2.45, 2.75) is 24.9 Å². The van der Waals surface area contributed by atoms with Crippen molar-refractivity contribution in [2.24, 2.45) is 10.7 Å². The predicted molar refractivity (Wildman–Crippen MR) is 111 cm³/mol. The van der Waals surface area contributed by atoms with E-state index in [1.54, 1.807) is 4.90 Å². The average molecular weight is 388 g/mol. The van der Waals surface area contributed by atoms with E-state index in [1.165, 1.54) is 11.1 Å². The van der Waals surface area contributed by atoms with E-state index in [2.05, 4.69) is 17.1 Å². The molecule has 0 spiro atoms. The topological polar surface area (TPSA) is 79.0 Å². The number of benzene rings is 2. The molecule has 1 saturated carbocycles. The number of amides is 2. The highest BCUT2D eigenvalue weighted by Gasteiger charge is 2.48. The molecular formula is C23H24N4O2. The Bertz CT molecular complexity index is 1000. The number of carbonyl (C=O) groups excluding carboxylic acids is 2. The van der Waals surface area contributed by atoms with Crippen molar-refractivity contribution in [2.75, 3.05) is 26.2 Å². The van der Waals surface area contributed by atoms with Gasteiger partial charge in [0.25, 0.3) is 5.91 Å². The van der Waals surface area contributed by atoms with Crippen molar-refractivity contribution in [3.05, 3.63) is 70.8 Å². The number of nitrogens with zero attached hydrogens (tertiary/aromatic N) is 3. The van der Waals surface area contributed by atoms with E-state index in [0.29, 0.717) is 38.3 Å². The molecule has 6 heteroatoms. The first-order valence-corrected chi connectivity index (χ1v) is 10.2. The normalized spacial score (nSPS) is 19.6. The van der Waals surface area contributed by atoms with Gasteiger partial charge in [-0.05, 0) is 30.5 Å². The molecule has 2 aliphatic heterocycles. The Morgan fingerprint density at radius 3 is 2.24 bits per heavy atom. The van der Waals surface area contributed by atoms with Gasteiger partial charge >= 0.3 is 0 Å². The van der Waals surface area contributed by atoms with Crippen LogP contribution in [0.5, 0.6) is 0 Å². The van der Waals surface area contributed by atoms with Gasteiger partial charge in [0.1, 0.15) is 0 Å². The summed E-state index contributed by atoms with van der Waals surface area (Å²) in [5.74, 6) is 0.0397. The Morgan fingerprint density at radius 2 is 1.55 bits per heavy atom. The molecule has 148 valence electrons. The van der Waals surface area contributed by atoms with Crippen LogP contribution in [0.2, 0.25) is 0 Å². The Kier molecular flexibility index (Phi) is 4.24. The minimum atomic E-state index is -0.635. The molecule has 2 amide bonds. The lowest BCUT2D eigenvalue weighted by atomic mass is 9.99. The molecule has 2 N–H and O–H groups in total. The highest BCUT2D eigenvalue weighted by Crippen LogP contribution is 2.34. The van der Waals surface area contributed by atoms with Gasteiger partial charge < -0.3 is 15.5 Å². The summed E-state index contributed by atoms with van der Waals surface area (Å²) in [6.07, 6.45) is 1.54. The summed E-state index contributed by atoms with van der Waals surface area (Å²) in [5.41, 5.74) is 10.5. The number of aliphatic imine (C=N–C) groups is 1. The molecule has 2 fully saturated rings. The zero-order valence-electron chi connectivity index (χ0n) is 16.3. The number of carbonyl (C=O) groups is 2. The molecule has 0 radical (unpaired) electrons. The molecule has 5 rings (SSSR count). The maximum Gasteiger partial charge on any atom is 0.253 e. The summed E-state index contributed by atoms with van der Waals surface area (Å²) in [5, 5.41) is 0. The van der Waals surface area contributed by atoms with Crippen LogP contribution in [0.3, 0.4) is 0 Å². The monoisotopic (exact) mass is 388 g/mol. The molecule has 0 aromatic heterocycles. The minimum Gasteiger partial charge on any atom is -0.338 e. The molecule has 1 aliphatic carbocycles. The molecule has 29 heavy (non-hydrogen) atoms. The number of piperazine rings is 1. The van der Waals surface area contributed by atoms with E-state index in [0.717, 1.165) is 24.1 Å². The first-order chi connectivity index (χ1) is 14.0. The van der Waals surface area contributed by atoms with Crippen LogP contribution in [0.4, 0.5) is 0 Å². The number of nitrogens with two attached hydrogens (primary N) is 1. The maximum atomic E-state index is 12.9.